The number of halogens is 1. The molecule has 0 aromatic heterocycles. The molecule has 0 unspecified atom stereocenters. The molecule has 3 nitrogen and oxygen atoms in total. The van der Waals surface area contributed by atoms with Gasteiger partial charge in [-0.1, -0.05) is 55.8 Å². The van der Waals surface area contributed by atoms with E-state index >= 15 is 0 Å². The van der Waals surface area contributed by atoms with Crippen molar-refractivity contribution in [1.82, 2.24) is 0 Å². The quantitative estimate of drug-likeness (QED) is 0.861. The van der Waals surface area contributed by atoms with Gasteiger partial charge in [0.25, 0.3) is 5.91 Å². The van der Waals surface area contributed by atoms with Crippen molar-refractivity contribution in [1.29, 1.82) is 0 Å². The standard InChI is InChI=1S/C18H20ClNO2/c1-12(2)14-8-6-7-13(3)18(14)20-17(21)11-22-16-10-5-4-9-15(16)19/h4-10,12H,11H2,1-3H3,(H,20,21). The number of anilines is 1. The summed E-state index contributed by atoms with van der Waals surface area (Å²) in [5.74, 6) is 0.643. The lowest BCUT2D eigenvalue weighted by Crippen LogP contribution is -2.21. The van der Waals surface area contributed by atoms with E-state index in [2.05, 4.69) is 19.2 Å². The highest BCUT2D eigenvalue weighted by atomic mass is 35.5. The number of amides is 1. The lowest BCUT2D eigenvalue weighted by atomic mass is 9.98. The molecular weight excluding hydrogens is 298 g/mol. The Morgan fingerprint density at radius 1 is 1.18 bits per heavy atom. The molecule has 0 spiro atoms. The topological polar surface area (TPSA) is 38.3 Å². The molecule has 0 bridgehead atoms. The number of hydrogen-bond acceptors (Lipinski definition) is 2. The molecule has 0 saturated carbocycles. The van der Waals surface area contributed by atoms with Crippen LogP contribution in [-0.2, 0) is 4.79 Å². The van der Waals surface area contributed by atoms with Crippen LogP contribution in [0.25, 0.3) is 0 Å². The summed E-state index contributed by atoms with van der Waals surface area (Å²) in [4.78, 5) is 12.1. The van der Waals surface area contributed by atoms with Gasteiger partial charge < -0.3 is 10.1 Å². The van der Waals surface area contributed by atoms with Crippen LogP contribution in [0.1, 0.15) is 30.9 Å². The molecule has 116 valence electrons. The highest BCUT2D eigenvalue weighted by molar-refractivity contribution is 6.32. The Morgan fingerprint density at radius 2 is 1.91 bits per heavy atom. The van der Waals surface area contributed by atoms with Gasteiger partial charge in [-0.25, -0.2) is 0 Å². The number of nitrogens with one attached hydrogen (secondary N) is 1. The summed E-state index contributed by atoms with van der Waals surface area (Å²) in [7, 11) is 0. The fourth-order valence-electron chi connectivity index (χ4n) is 2.22. The summed E-state index contributed by atoms with van der Waals surface area (Å²) in [6, 6.07) is 13.1. The maximum Gasteiger partial charge on any atom is 0.262 e. The van der Waals surface area contributed by atoms with Crippen LogP contribution in [0, 0.1) is 6.92 Å². The minimum absolute atomic E-state index is 0.0738. The van der Waals surface area contributed by atoms with Gasteiger partial charge in [-0.3, -0.25) is 4.79 Å². The molecule has 0 heterocycles. The van der Waals surface area contributed by atoms with Crippen LogP contribution in [0.2, 0.25) is 5.02 Å². The van der Waals surface area contributed by atoms with E-state index in [0.29, 0.717) is 16.7 Å². The fourth-order valence-corrected chi connectivity index (χ4v) is 2.41. The highest BCUT2D eigenvalue weighted by Gasteiger charge is 2.12. The van der Waals surface area contributed by atoms with Gasteiger partial charge in [-0.2, -0.15) is 0 Å². The summed E-state index contributed by atoms with van der Waals surface area (Å²) in [5, 5.41) is 3.44. The van der Waals surface area contributed by atoms with Crippen LogP contribution in [0.4, 0.5) is 5.69 Å². The summed E-state index contributed by atoms with van der Waals surface area (Å²) < 4.78 is 5.47. The number of ether oxygens (including phenoxy) is 1. The van der Waals surface area contributed by atoms with Gasteiger partial charge in [0.15, 0.2) is 6.61 Å². The van der Waals surface area contributed by atoms with Crippen LogP contribution in [-0.4, -0.2) is 12.5 Å². The molecule has 0 saturated heterocycles. The second-order valence-corrected chi connectivity index (χ2v) is 5.87. The maximum atomic E-state index is 12.1. The Kier molecular flexibility index (Phi) is 5.45. The molecule has 22 heavy (non-hydrogen) atoms. The summed E-state index contributed by atoms with van der Waals surface area (Å²) in [6.45, 7) is 6.11. The van der Waals surface area contributed by atoms with Gasteiger partial charge in [0.2, 0.25) is 0 Å². The zero-order valence-corrected chi connectivity index (χ0v) is 13.8. The molecule has 1 N–H and O–H groups in total. The molecule has 0 atom stereocenters. The summed E-state index contributed by atoms with van der Waals surface area (Å²) >= 11 is 6.00. The van der Waals surface area contributed by atoms with E-state index in [9.17, 15) is 4.79 Å². The molecule has 2 rings (SSSR count). The third-order valence-corrected chi connectivity index (χ3v) is 3.70. The van der Waals surface area contributed by atoms with Crippen molar-refractivity contribution < 1.29 is 9.53 Å². The van der Waals surface area contributed by atoms with Crippen molar-refractivity contribution in [2.24, 2.45) is 0 Å². The molecular formula is C18H20ClNO2. The smallest absolute Gasteiger partial charge is 0.262 e. The predicted octanol–water partition coefficient (Wildman–Crippen LogP) is 4.79. The van der Waals surface area contributed by atoms with Crippen LogP contribution >= 0.6 is 11.6 Å². The monoisotopic (exact) mass is 317 g/mol. The van der Waals surface area contributed by atoms with Crippen molar-refractivity contribution in [2.75, 3.05) is 11.9 Å². The summed E-state index contributed by atoms with van der Waals surface area (Å²) in [5.41, 5.74) is 3.02. The first-order valence-corrected chi connectivity index (χ1v) is 7.63. The van der Waals surface area contributed by atoms with E-state index in [1.807, 2.05) is 37.3 Å². The molecule has 0 aliphatic heterocycles. The molecule has 0 radical (unpaired) electrons. The van der Waals surface area contributed by atoms with Crippen molar-refractivity contribution in [2.45, 2.75) is 26.7 Å². The van der Waals surface area contributed by atoms with Crippen molar-refractivity contribution in [3.8, 4) is 5.75 Å². The van der Waals surface area contributed by atoms with E-state index < -0.39 is 0 Å². The first-order valence-electron chi connectivity index (χ1n) is 7.25. The Balaban J connectivity index is 2.05. The third-order valence-electron chi connectivity index (χ3n) is 3.39. The maximum absolute atomic E-state index is 12.1. The largest absolute Gasteiger partial charge is 0.482 e. The molecule has 0 aliphatic rings. The highest BCUT2D eigenvalue weighted by Crippen LogP contribution is 2.27. The van der Waals surface area contributed by atoms with Crippen LogP contribution in [0.3, 0.4) is 0 Å². The minimum Gasteiger partial charge on any atom is -0.482 e. The number of carbonyl (C=O) groups is 1. The van der Waals surface area contributed by atoms with E-state index in [0.717, 1.165) is 16.8 Å². The van der Waals surface area contributed by atoms with Crippen LogP contribution in [0.5, 0.6) is 5.75 Å². The number of para-hydroxylation sites is 2. The zero-order valence-electron chi connectivity index (χ0n) is 13.0. The molecule has 0 aliphatic carbocycles. The molecule has 4 heteroatoms. The number of carbonyl (C=O) groups excluding carboxylic acids is 1. The second kappa shape index (κ2) is 7.32. The van der Waals surface area contributed by atoms with Crippen molar-refractivity contribution in [3.63, 3.8) is 0 Å². The fraction of sp³-hybridized carbons (Fsp3) is 0.278. The first-order chi connectivity index (χ1) is 10.5. The number of benzene rings is 2. The zero-order chi connectivity index (χ0) is 16.1. The first kappa shape index (κ1) is 16.4. The average molecular weight is 318 g/mol. The Morgan fingerprint density at radius 3 is 2.59 bits per heavy atom. The average Bonchev–Trinajstić information content (AvgIpc) is 2.48. The molecule has 1 amide bonds. The minimum atomic E-state index is -0.198. The van der Waals surface area contributed by atoms with Gasteiger partial charge >= 0.3 is 0 Å². The van der Waals surface area contributed by atoms with E-state index in [1.165, 1.54) is 0 Å². The third kappa shape index (κ3) is 4.01. The summed E-state index contributed by atoms with van der Waals surface area (Å²) in [6.07, 6.45) is 0. The molecule has 2 aromatic rings. The SMILES string of the molecule is Cc1cccc(C(C)C)c1NC(=O)COc1ccccc1Cl. The Bertz CT molecular complexity index is 668. The second-order valence-electron chi connectivity index (χ2n) is 5.46. The molecule has 0 fully saturated rings. The van der Waals surface area contributed by atoms with Crippen molar-refractivity contribution in [3.05, 3.63) is 58.6 Å². The van der Waals surface area contributed by atoms with Crippen molar-refractivity contribution >= 4 is 23.2 Å². The number of rotatable bonds is 5. The van der Waals surface area contributed by atoms with Gasteiger partial charge in [-0.05, 0) is 36.1 Å². The normalized spacial score (nSPS) is 10.6. The van der Waals surface area contributed by atoms with Gasteiger partial charge in [-0.15, -0.1) is 0 Å². The van der Waals surface area contributed by atoms with Crippen LogP contribution in [0.15, 0.2) is 42.5 Å². The molecule has 2 aromatic carbocycles. The van der Waals surface area contributed by atoms with Gasteiger partial charge in [0, 0.05) is 5.69 Å². The van der Waals surface area contributed by atoms with Gasteiger partial charge in [0.05, 0.1) is 5.02 Å². The van der Waals surface area contributed by atoms with Gasteiger partial charge in [0.1, 0.15) is 5.75 Å². The Hall–Kier alpha value is -2.00. The van der Waals surface area contributed by atoms with E-state index in [4.69, 9.17) is 16.3 Å². The predicted molar refractivity (Wildman–Crippen MR) is 90.8 cm³/mol. The Labute approximate surface area is 136 Å². The van der Waals surface area contributed by atoms with E-state index in [-0.39, 0.29) is 12.5 Å². The van der Waals surface area contributed by atoms with E-state index in [1.54, 1.807) is 12.1 Å². The lowest BCUT2D eigenvalue weighted by molar-refractivity contribution is -0.118. The number of hydrogen-bond donors (Lipinski definition) is 1. The lowest BCUT2D eigenvalue weighted by Gasteiger charge is -2.16. The number of aryl methyl sites for hydroxylation is 1. The van der Waals surface area contributed by atoms with Crippen LogP contribution < -0.4 is 10.1 Å².